The molecule has 1 heterocycles. The number of likely N-dealkylation sites (tertiary alicyclic amines) is 1. The zero-order valence-electron chi connectivity index (χ0n) is 8.95. The van der Waals surface area contributed by atoms with E-state index in [9.17, 15) is 9.59 Å². The molecule has 1 saturated heterocycles. The second kappa shape index (κ2) is 3.48. The molecule has 1 aliphatic heterocycles. The summed E-state index contributed by atoms with van der Waals surface area (Å²) in [5.74, 6) is -0.0326. The third kappa shape index (κ3) is 1.71. The van der Waals surface area contributed by atoms with Crippen LogP contribution in [-0.2, 0) is 9.59 Å². The standard InChI is InChI=1S/C10H17N3O2/c1-13-5-2-7(8(13)14)12-9(15)10(6-11)3-4-10/h7H,2-6,11H2,1H3,(H,12,15). The number of rotatable bonds is 3. The van der Waals surface area contributed by atoms with Crippen LogP contribution in [0.15, 0.2) is 0 Å². The lowest BCUT2D eigenvalue weighted by molar-refractivity contribution is -0.133. The highest BCUT2D eigenvalue weighted by Crippen LogP contribution is 2.44. The molecule has 2 fully saturated rings. The molecule has 1 atom stereocenters. The number of likely N-dealkylation sites (N-methyl/N-ethyl adjacent to an activating group) is 1. The highest BCUT2D eigenvalue weighted by atomic mass is 16.2. The van der Waals surface area contributed by atoms with Gasteiger partial charge in [-0.3, -0.25) is 9.59 Å². The molecule has 0 radical (unpaired) electrons. The lowest BCUT2D eigenvalue weighted by Gasteiger charge is -2.16. The Morgan fingerprint density at radius 3 is 2.73 bits per heavy atom. The molecule has 0 bridgehead atoms. The van der Waals surface area contributed by atoms with Gasteiger partial charge < -0.3 is 16.0 Å². The van der Waals surface area contributed by atoms with Crippen molar-refractivity contribution in [2.24, 2.45) is 11.1 Å². The summed E-state index contributed by atoms with van der Waals surface area (Å²) in [4.78, 5) is 25.0. The number of hydrogen-bond donors (Lipinski definition) is 2. The third-order valence-electron chi connectivity index (χ3n) is 3.46. The molecule has 2 aliphatic rings. The Bertz CT molecular complexity index is 299. The maximum absolute atomic E-state index is 11.8. The van der Waals surface area contributed by atoms with E-state index in [2.05, 4.69) is 5.32 Å². The van der Waals surface area contributed by atoms with E-state index in [1.165, 1.54) is 0 Å². The van der Waals surface area contributed by atoms with Gasteiger partial charge in [0.1, 0.15) is 6.04 Å². The Morgan fingerprint density at radius 1 is 1.67 bits per heavy atom. The molecule has 2 amide bonds. The first-order valence-corrected chi connectivity index (χ1v) is 5.35. The van der Waals surface area contributed by atoms with Crippen molar-refractivity contribution in [1.29, 1.82) is 0 Å². The zero-order chi connectivity index (χ0) is 11.1. The molecule has 84 valence electrons. The van der Waals surface area contributed by atoms with Gasteiger partial charge in [-0.1, -0.05) is 0 Å². The van der Waals surface area contributed by atoms with Crippen LogP contribution in [0, 0.1) is 5.41 Å². The van der Waals surface area contributed by atoms with Gasteiger partial charge in [-0.2, -0.15) is 0 Å². The molecular formula is C10H17N3O2. The fourth-order valence-electron chi connectivity index (χ4n) is 1.94. The Kier molecular flexibility index (Phi) is 2.42. The van der Waals surface area contributed by atoms with E-state index in [4.69, 9.17) is 5.73 Å². The Labute approximate surface area is 89.0 Å². The third-order valence-corrected chi connectivity index (χ3v) is 3.46. The minimum absolute atomic E-state index is 0.0103. The SMILES string of the molecule is CN1CCC(NC(=O)C2(CN)CC2)C1=O. The second-order valence-corrected chi connectivity index (χ2v) is 4.56. The van der Waals surface area contributed by atoms with Gasteiger partial charge >= 0.3 is 0 Å². The van der Waals surface area contributed by atoms with E-state index in [1.807, 2.05) is 0 Å². The maximum Gasteiger partial charge on any atom is 0.244 e. The normalized spacial score (nSPS) is 28.0. The minimum Gasteiger partial charge on any atom is -0.344 e. The van der Waals surface area contributed by atoms with Crippen molar-refractivity contribution < 1.29 is 9.59 Å². The quantitative estimate of drug-likeness (QED) is 0.633. The van der Waals surface area contributed by atoms with E-state index in [-0.39, 0.29) is 23.3 Å². The highest BCUT2D eigenvalue weighted by Gasteiger charge is 2.49. The van der Waals surface area contributed by atoms with Gasteiger partial charge in [-0.15, -0.1) is 0 Å². The van der Waals surface area contributed by atoms with Crippen LogP contribution in [0.4, 0.5) is 0 Å². The predicted octanol–water partition coefficient (Wildman–Crippen LogP) is -0.928. The average Bonchev–Trinajstić information content (AvgIpc) is 2.97. The Hall–Kier alpha value is -1.10. The molecule has 0 aromatic heterocycles. The lowest BCUT2D eigenvalue weighted by atomic mass is 10.1. The largest absolute Gasteiger partial charge is 0.344 e. The monoisotopic (exact) mass is 211 g/mol. The van der Waals surface area contributed by atoms with Crippen LogP contribution in [0.3, 0.4) is 0 Å². The van der Waals surface area contributed by atoms with E-state index in [1.54, 1.807) is 11.9 Å². The topological polar surface area (TPSA) is 75.4 Å². The average molecular weight is 211 g/mol. The van der Waals surface area contributed by atoms with Crippen molar-refractivity contribution in [1.82, 2.24) is 10.2 Å². The Balaban J connectivity index is 1.93. The molecule has 3 N–H and O–H groups in total. The van der Waals surface area contributed by atoms with Crippen LogP contribution in [-0.4, -0.2) is 42.9 Å². The molecule has 0 spiro atoms. The van der Waals surface area contributed by atoms with Crippen LogP contribution >= 0.6 is 0 Å². The van der Waals surface area contributed by atoms with E-state index < -0.39 is 0 Å². The Morgan fingerprint density at radius 2 is 2.33 bits per heavy atom. The van der Waals surface area contributed by atoms with Gasteiger partial charge in [0.25, 0.3) is 0 Å². The number of nitrogens with one attached hydrogen (secondary N) is 1. The summed E-state index contributed by atoms with van der Waals surface area (Å²) in [6, 6.07) is -0.327. The van der Waals surface area contributed by atoms with Gasteiger partial charge in [0.2, 0.25) is 11.8 Å². The molecule has 1 saturated carbocycles. The highest BCUT2D eigenvalue weighted by molar-refractivity contribution is 5.92. The van der Waals surface area contributed by atoms with Gasteiger partial charge in [0.15, 0.2) is 0 Å². The maximum atomic E-state index is 11.8. The van der Waals surface area contributed by atoms with Gasteiger partial charge in [-0.05, 0) is 19.3 Å². The molecule has 1 unspecified atom stereocenters. The molecule has 0 aromatic rings. The minimum atomic E-state index is -0.360. The first-order chi connectivity index (χ1) is 7.09. The van der Waals surface area contributed by atoms with E-state index >= 15 is 0 Å². The number of nitrogens with two attached hydrogens (primary N) is 1. The zero-order valence-corrected chi connectivity index (χ0v) is 8.95. The molecular weight excluding hydrogens is 194 g/mol. The molecule has 5 heteroatoms. The van der Waals surface area contributed by atoms with Crippen LogP contribution in [0.5, 0.6) is 0 Å². The van der Waals surface area contributed by atoms with E-state index in [0.29, 0.717) is 13.0 Å². The number of carbonyl (C=O) groups is 2. The van der Waals surface area contributed by atoms with Crippen LogP contribution in [0.2, 0.25) is 0 Å². The summed E-state index contributed by atoms with van der Waals surface area (Å²) in [5, 5.41) is 2.80. The first-order valence-electron chi connectivity index (χ1n) is 5.35. The van der Waals surface area contributed by atoms with Crippen LogP contribution in [0.25, 0.3) is 0 Å². The second-order valence-electron chi connectivity index (χ2n) is 4.56. The molecule has 0 aromatic carbocycles. The van der Waals surface area contributed by atoms with Gasteiger partial charge in [0, 0.05) is 20.1 Å². The van der Waals surface area contributed by atoms with Crippen molar-refractivity contribution in [3.05, 3.63) is 0 Å². The number of amides is 2. The summed E-state index contributed by atoms with van der Waals surface area (Å²) in [6.07, 6.45) is 2.42. The summed E-state index contributed by atoms with van der Waals surface area (Å²) >= 11 is 0. The van der Waals surface area contributed by atoms with Crippen molar-refractivity contribution >= 4 is 11.8 Å². The fraction of sp³-hybridized carbons (Fsp3) is 0.800. The molecule has 1 aliphatic carbocycles. The van der Waals surface area contributed by atoms with Crippen molar-refractivity contribution in [3.63, 3.8) is 0 Å². The van der Waals surface area contributed by atoms with E-state index in [0.717, 1.165) is 19.4 Å². The number of hydrogen-bond acceptors (Lipinski definition) is 3. The fourth-order valence-corrected chi connectivity index (χ4v) is 1.94. The van der Waals surface area contributed by atoms with Crippen molar-refractivity contribution in [3.8, 4) is 0 Å². The summed E-state index contributed by atoms with van der Waals surface area (Å²) < 4.78 is 0. The van der Waals surface area contributed by atoms with Crippen LogP contribution in [0.1, 0.15) is 19.3 Å². The smallest absolute Gasteiger partial charge is 0.244 e. The molecule has 15 heavy (non-hydrogen) atoms. The van der Waals surface area contributed by atoms with Crippen LogP contribution < -0.4 is 11.1 Å². The lowest BCUT2D eigenvalue weighted by Crippen LogP contribution is -2.45. The van der Waals surface area contributed by atoms with Crippen molar-refractivity contribution in [2.75, 3.05) is 20.1 Å². The summed E-state index contributed by atoms with van der Waals surface area (Å²) in [5.41, 5.74) is 5.19. The van der Waals surface area contributed by atoms with Gasteiger partial charge in [0.05, 0.1) is 5.41 Å². The summed E-state index contributed by atoms with van der Waals surface area (Å²) in [7, 11) is 1.75. The van der Waals surface area contributed by atoms with Crippen molar-refractivity contribution in [2.45, 2.75) is 25.3 Å². The molecule has 5 nitrogen and oxygen atoms in total. The summed E-state index contributed by atoms with van der Waals surface area (Å²) in [6.45, 7) is 1.11. The first kappa shape index (κ1) is 10.4. The van der Waals surface area contributed by atoms with Gasteiger partial charge in [-0.25, -0.2) is 0 Å². The number of nitrogens with zero attached hydrogens (tertiary/aromatic N) is 1. The number of carbonyl (C=O) groups excluding carboxylic acids is 2. The molecule has 2 rings (SSSR count). The predicted molar refractivity (Wildman–Crippen MR) is 54.9 cm³/mol.